The summed E-state index contributed by atoms with van der Waals surface area (Å²) in [6, 6.07) is 15.8. The second-order valence-electron chi connectivity index (χ2n) is 6.01. The second kappa shape index (κ2) is 9.05. The molecule has 1 heterocycles. The number of aliphatic hydroxyl groups excluding tert-OH is 1. The normalized spacial score (nSPS) is 11.3. The molecular weight excluding hydrogens is 398 g/mol. The standard InChI is InChI=1S/C19H19N3O4S2/c23-10-11-28(25,26)16-8-6-14(7-9-16)12-17(24)20-13-18-21-22-19(27-18)15-4-2-1-3-5-15/h1-9,23H,10-13H2,(H,20,24). The molecule has 2 aromatic carbocycles. The summed E-state index contributed by atoms with van der Waals surface area (Å²) in [4.78, 5) is 12.3. The molecule has 146 valence electrons. The smallest absolute Gasteiger partial charge is 0.224 e. The Morgan fingerprint density at radius 2 is 1.75 bits per heavy atom. The number of aromatic nitrogens is 2. The van der Waals surface area contributed by atoms with E-state index < -0.39 is 16.4 Å². The molecule has 2 N–H and O–H groups in total. The molecule has 0 fully saturated rings. The number of sulfone groups is 1. The highest BCUT2D eigenvalue weighted by Crippen LogP contribution is 2.22. The highest BCUT2D eigenvalue weighted by atomic mass is 32.2. The Labute approximate surface area is 167 Å². The lowest BCUT2D eigenvalue weighted by molar-refractivity contribution is -0.120. The van der Waals surface area contributed by atoms with Crippen LogP contribution in [0.3, 0.4) is 0 Å². The van der Waals surface area contributed by atoms with Crippen LogP contribution in [0.5, 0.6) is 0 Å². The van der Waals surface area contributed by atoms with Gasteiger partial charge in [0.2, 0.25) is 5.91 Å². The van der Waals surface area contributed by atoms with E-state index in [1.165, 1.54) is 23.5 Å². The Hall–Kier alpha value is -2.62. The van der Waals surface area contributed by atoms with Crippen LogP contribution in [-0.4, -0.2) is 42.0 Å². The predicted molar refractivity (Wildman–Crippen MR) is 106 cm³/mol. The fourth-order valence-corrected chi connectivity index (χ4v) is 4.31. The Bertz CT molecular complexity index is 1030. The van der Waals surface area contributed by atoms with Gasteiger partial charge in [0.1, 0.15) is 10.0 Å². The first-order valence-electron chi connectivity index (χ1n) is 8.55. The van der Waals surface area contributed by atoms with Crippen molar-refractivity contribution in [3.05, 3.63) is 65.2 Å². The summed E-state index contributed by atoms with van der Waals surface area (Å²) in [6.45, 7) is -0.142. The summed E-state index contributed by atoms with van der Waals surface area (Å²) in [6.07, 6.45) is 0.130. The number of rotatable bonds is 8. The minimum Gasteiger partial charge on any atom is -0.395 e. The van der Waals surface area contributed by atoms with Crippen molar-refractivity contribution in [2.24, 2.45) is 0 Å². The molecular formula is C19H19N3O4S2. The highest BCUT2D eigenvalue weighted by molar-refractivity contribution is 7.91. The monoisotopic (exact) mass is 417 g/mol. The molecule has 0 atom stereocenters. The summed E-state index contributed by atoms with van der Waals surface area (Å²) in [5, 5.41) is 21.3. The molecule has 9 heteroatoms. The van der Waals surface area contributed by atoms with Crippen LogP contribution in [0, 0.1) is 0 Å². The molecule has 0 aliphatic rings. The maximum absolute atomic E-state index is 12.1. The molecule has 3 aromatic rings. The van der Waals surface area contributed by atoms with Crippen molar-refractivity contribution in [2.75, 3.05) is 12.4 Å². The van der Waals surface area contributed by atoms with E-state index in [9.17, 15) is 13.2 Å². The van der Waals surface area contributed by atoms with Crippen LogP contribution < -0.4 is 5.32 Å². The quantitative estimate of drug-likeness (QED) is 0.579. The third-order valence-electron chi connectivity index (χ3n) is 3.93. The molecule has 0 aliphatic heterocycles. The zero-order valence-corrected chi connectivity index (χ0v) is 16.5. The highest BCUT2D eigenvalue weighted by Gasteiger charge is 2.14. The number of aliphatic hydroxyl groups is 1. The SMILES string of the molecule is O=C(Cc1ccc(S(=O)(=O)CCO)cc1)NCc1nnc(-c2ccccc2)s1. The summed E-state index contributed by atoms with van der Waals surface area (Å²) >= 11 is 1.42. The predicted octanol–water partition coefficient (Wildman–Crippen LogP) is 1.83. The molecule has 0 saturated heterocycles. The summed E-state index contributed by atoms with van der Waals surface area (Å²) < 4.78 is 23.8. The zero-order chi connectivity index (χ0) is 20.0. The minimum absolute atomic E-state index is 0.130. The van der Waals surface area contributed by atoms with Gasteiger partial charge in [-0.15, -0.1) is 10.2 Å². The Morgan fingerprint density at radius 3 is 2.43 bits per heavy atom. The van der Waals surface area contributed by atoms with Crippen molar-refractivity contribution < 1.29 is 18.3 Å². The van der Waals surface area contributed by atoms with Gasteiger partial charge in [-0.3, -0.25) is 4.79 Å². The van der Waals surface area contributed by atoms with Gasteiger partial charge in [-0.1, -0.05) is 53.8 Å². The molecule has 7 nitrogen and oxygen atoms in total. The maximum Gasteiger partial charge on any atom is 0.224 e. The van der Waals surface area contributed by atoms with Crippen molar-refractivity contribution in [1.82, 2.24) is 15.5 Å². The lowest BCUT2D eigenvalue weighted by Gasteiger charge is -2.05. The third-order valence-corrected chi connectivity index (χ3v) is 6.61. The number of hydrogen-bond donors (Lipinski definition) is 2. The fourth-order valence-electron chi connectivity index (χ4n) is 2.50. The molecule has 3 rings (SSSR count). The fraction of sp³-hybridized carbons (Fsp3) is 0.211. The number of nitrogens with zero attached hydrogens (tertiary/aromatic N) is 2. The van der Waals surface area contributed by atoms with Crippen molar-refractivity contribution in [3.63, 3.8) is 0 Å². The molecule has 0 bridgehead atoms. The Morgan fingerprint density at radius 1 is 1.04 bits per heavy atom. The van der Waals surface area contributed by atoms with Gasteiger partial charge < -0.3 is 10.4 Å². The van der Waals surface area contributed by atoms with Crippen LogP contribution >= 0.6 is 11.3 Å². The molecule has 1 aromatic heterocycles. The average Bonchev–Trinajstić information content (AvgIpc) is 3.17. The lowest BCUT2D eigenvalue weighted by Crippen LogP contribution is -2.24. The Kier molecular flexibility index (Phi) is 6.50. The van der Waals surface area contributed by atoms with Gasteiger partial charge in [0.15, 0.2) is 9.84 Å². The van der Waals surface area contributed by atoms with Gasteiger partial charge in [-0.25, -0.2) is 8.42 Å². The van der Waals surface area contributed by atoms with Crippen LogP contribution in [0.4, 0.5) is 0 Å². The van der Waals surface area contributed by atoms with E-state index in [1.54, 1.807) is 12.1 Å². The van der Waals surface area contributed by atoms with E-state index in [2.05, 4.69) is 15.5 Å². The molecule has 0 aliphatic carbocycles. The van der Waals surface area contributed by atoms with Gasteiger partial charge in [0, 0.05) is 5.56 Å². The second-order valence-corrected chi connectivity index (χ2v) is 9.18. The molecule has 1 amide bonds. The largest absolute Gasteiger partial charge is 0.395 e. The van der Waals surface area contributed by atoms with Crippen LogP contribution in [0.25, 0.3) is 10.6 Å². The Balaban J connectivity index is 1.54. The number of carbonyl (C=O) groups is 1. The number of amides is 1. The summed E-state index contributed by atoms with van der Waals surface area (Å²) in [5.41, 5.74) is 1.68. The molecule has 28 heavy (non-hydrogen) atoms. The number of carbonyl (C=O) groups excluding carboxylic acids is 1. The number of hydrogen-bond acceptors (Lipinski definition) is 7. The summed E-state index contributed by atoms with van der Waals surface area (Å²) in [5.74, 6) is -0.512. The molecule has 0 spiro atoms. The van der Waals surface area contributed by atoms with E-state index in [1.807, 2.05) is 30.3 Å². The number of nitrogens with one attached hydrogen (secondary N) is 1. The van der Waals surface area contributed by atoms with E-state index in [4.69, 9.17) is 5.11 Å². The van der Waals surface area contributed by atoms with Crippen LogP contribution in [-0.2, 0) is 27.6 Å². The van der Waals surface area contributed by atoms with Crippen molar-refractivity contribution in [3.8, 4) is 10.6 Å². The van der Waals surface area contributed by atoms with Gasteiger partial charge in [-0.05, 0) is 17.7 Å². The maximum atomic E-state index is 12.1. The van der Waals surface area contributed by atoms with E-state index >= 15 is 0 Å². The minimum atomic E-state index is -3.49. The topological polar surface area (TPSA) is 109 Å². The number of benzene rings is 2. The zero-order valence-electron chi connectivity index (χ0n) is 14.9. The molecule has 0 unspecified atom stereocenters. The van der Waals surface area contributed by atoms with Gasteiger partial charge >= 0.3 is 0 Å². The molecule has 0 radical (unpaired) electrons. The van der Waals surface area contributed by atoms with Crippen LogP contribution in [0.1, 0.15) is 10.6 Å². The first-order valence-corrected chi connectivity index (χ1v) is 11.0. The average molecular weight is 418 g/mol. The van der Waals surface area contributed by atoms with Crippen LogP contribution in [0.2, 0.25) is 0 Å². The van der Waals surface area contributed by atoms with Crippen molar-refractivity contribution >= 4 is 27.1 Å². The van der Waals surface area contributed by atoms with Gasteiger partial charge in [-0.2, -0.15) is 0 Å². The van der Waals surface area contributed by atoms with Gasteiger partial charge in [0.25, 0.3) is 0 Å². The first kappa shape index (κ1) is 20.1. The lowest BCUT2D eigenvalue weighted by atomic mass is 10.1. The van der Waals surface area contributed by atoms with E-state index in [0.717, 1.165) is 10.6 Å². The van der Waals surface area contributed by atoms with E-state index in [0.29, 0.717) is 10.6 Å². The molecule has 0 saturated carbocycles. The third kappa shape index (κ3) is 5.22. The first-order chi connectivity index (χ1) is 13.5. The van der Waals surface area contributed by atoms with E-state index in [-0.39, 0.29) is 29.5 Å². The van der Waals surface area contributed by atoms with Crippen LogP contribution in [0.15, 0.2) is 59.5 Å². The van der Waals surface area contributed by atoms with Crippen molar-refractivity contribution in [1.29, 1.82) is 0 Å². The van der Waals surface area contributed by atoms with Gasteiger partial charge in [0.05, 0.1) is 30.2 Å². The van der Waals surface area contributed by atoms with Crippen molar-refractivity contribution in [2.45, 2.75) is 17.9 Å². The summed E-state index contributed by atoms with van der Waals surface area (Å²) in [7, 11) is -3.49.